The Labute approximate surface area is 357 Å². The van der Waals surface area contributed by atoms with Crippen LogP contribution in [0.5, 0.6) is 0 Å². The van der Waals surface area contributed by atoms with Crippen LogP contribution in [0.15, 0.2) is 47.7 Å². The highest BCUT2D eigenvalue weighted by Crippen LogP contribution is 2.77. The van der Waals surface area contributed by atoms with Crippen LogP contribution in [0, 0.1) is 68.0 Å². The molecule has 0 spiro atoms. The topological polar surface area (TPSA) is 130 Å². The summed E-state index contributed by atoms with van der Waals surface area (Å²) in [5, 5.41) is 9.70. The fraction of sp³-hybridized carbons (Fsp3) is 0.706. The van der Waals surface area contributed by atoms with E-state index < -0.39 is 22.7 Å². The number of imidazole rings is 1. The molecule has 324 valence electrons. The van der Waals surface area contributed by atoms with Gasteiger partial charge in [-0.15, -0.1) is 0 Å². The van der Waals surface area contributed by atoms with Crippen LogP contribution >= 0.6 is 0 Å². The Kier molecular flexibility index (Phi) is 9.62. The van der Waals surface area contributed by atoms with E-state index in [0.29, 0.717) is 37.6 Å². The van der Waals surface area contributed by atoms with Crippen LogP contribution in [-0.2, 0) is 23.9 Å². The zero-order valence-electron chi connectivity index (χ0n) is 37.7. The molecule has 9 heteroatoms. The Balaban J connectivity index is 0.991. The summed E-state index contributed by atoms with van der Waals surface area (Å²) in [5.74, 6) is 0.243. The first-order valence-electron chi connectivity index (χ1n) is 23.3. The minimum absolute atomic E-state index is 0.0106. The van der Waals surface area contributed by atoms with Crippen molar-refractivity contribution in [2.75, 3.05) is 6.54 Å². The smallest absolute Gasteiger partial charge is 0.309 e. The first-order chi connectivity index (χ1) is 28.2. The molecule has 60 heavy (non-hydrogen) atoms. The van der Waals surface area contributed by atoms with Crippen molar-refractivity contribution in [1.82, 2.24) is 14.9 Å². The van der Waals surface area contributed by atoms with Gasteiger partial charge < -0.3 is 19.7 Å². The summed E-state index contributed by atoms with van der Waals surface area (Å²) < 4.78 is 6.45. The van der Waals surface area contributed by atoms with Gasteiger partial charge in [-0.05, 0) is 133 Å². The number of aromatic amines is 1. The van der Waals surface area contributed by atoms with Crippen LogP contribution in [0.3, 0.4) is 0 Å². The monoisotopic (exact) mass is 820 g/mol. The molecule has 0 bridgehead atoms. The lowest BCUT2D eigenvalue weighted by molar-refractivity contribution is -0.236. The average molecular weight is 820 g/mol. The van der Waals surface area contributed by atoms with E-state index >= 15 is 4.79 Å². The maximum atomic E-state index is 15.5. The van der Waals surface area contributed by atoms with Crippen molar-refractivity contribution in [3.05, 3.63) is 53.5 Å². The summed E-state index contributed by atoms with van der Waals surface area (Å²) in [6, 6.07) is 10.1. The summed E-state index contributed by atoms with van der Waals surface area (Å²) >= 11 is 0. The number of rotatable bonds is 7. The number of nitrogens with one attached hydrogen (secondary N) is 1. The third kappa shape index (κ3) is 5.63. The SMILES string of the molecule is CC(C)C1=C2[C@H]3CC[C@@H]4[C@@]5(C)CC[C@H](OC(=O)[C@H]6C[C@@H](C(=O)O)C6(C)C)C(C)(C)[C@@H]5CC[C@@]4(C)[C@]3(C)CC[C@@]2(C(=O)N2CCCC2c2ncc(-c3ccccc3)[nH]2)CC1=O. The van der Waals surface area contributed by atoms with Crippen LogP contribution in [0.25, 0.3) is 11.3 Å². The highest BCUT2D eigenvalue weighted by Gasteiger charge is 2.71. The van der Waals surface area contributed by atoms with Gasteiger partial charge in [-0.2, -0.15) is 0 Å². The molecule has 1 amide bonds. The van der Waals surface area contributed by atoms with Crippen molar-refractivity contribution in [1.29, 1.82) is 0 Å². The predicted molar refractivity (Wildman–Crippen MR) is 230 cm³/mol. The highest BCUT2D eigenvalue weighted by molar-refractivity contribution is 6.07. The number of ketones is 1. The quantitative estimate of drug-likeness (QED) is 0.266. The zero-order valence-corrected chi connectivity index (χ0v) is 37.7. The van der Waals surface area contributed by atoms with E-state index in [-0.39, 0.29) is 69.2 Å². The lowest BCUT2D eigenvalue weighted by Gasteiger charge is -2.72. The van der Waals surface area contributed by atoms with Crippen LogP contribution in [0.4, 0.5) is 0 Å². The number of ether oxygens (including phenoxy) is 1. The number of likely N-dealkylation sites (tertiary alicyclic amines) is 1. The molecule has 0 radical (unpaired) electrons. The third-order valence-electron chi connectivity index (χ3n) is 19.4. The number of fused-ring (bicyclic) bond motifs is 7. The Hall–Kier alpha value is -3.75. The van der Waals surface area contributed by atoms with Gasteiger partial charge in [0.1, 0.15) is 11.9 Å². The number of carboxylic acids is 1. The number of nitrogens with zero attached hydrogens (tertiary/aromatic N) is 2. The molecule has 1 aliphatic heterocycles. The number of aliphatic carboxylic acids is 1. The number of amides is 1. The molecule has 1 saturated heterocycles. The van der Waals surface area contributed by atoms with Crippen molar-refractivity contribution >= 4 is 23.6 Å². The molecular formula is C51H69N3O6. The van der Waals surface area contributed by atoms with Gasteiger partial charge in [0.2, 0.25) is 5.91 Å². The van der Waals surface area contributed by atoms with Crippen molar-refractivity contribution in [3.63, 3.8) is 0 Å². The minimum atomic E-state index is -0.832. The molecule has 7 aliphatic rings. The molecule has 1 aromatic heterocycles. The van der Waals surface area contributed by atoms with Gasteiger partial charge in [0.25, 0.3) is 0 Å². The average Bonchev–Trinajstić information content (AvgIpc) is 3.94. The number of carbonyl (C=O) groups excluding carboxylic acids is 3. The zero-order chi connectivity index (χ0) is 42.9. The standard InChI is InChI=1S/C51H69N3O6/c1-29(2)40-36(55)27-51(45(59)54-25-13-16-35(54)42-52-28-34(53-42)30-14-11-10-12-15-30)24-23-49(8)31(41(40)51)17-18-38-48(7)21-20-39(47(5,6)37(48)19-22-50(38,49)9)60-44(58)33-26-32(43(56)57)46(33,3)4/h10-12,14-15,28-29,31-33,35,37-39H,13,16-27H2,1-9H3,(H,52,53)(H,56,57)/t31-,32+,33-,35?,37+,38-,39+,48+,49-,50-,51-/m1/s1. The summed E-state index contributed by atoms with van der Waals surface area (Å²) in [5.41, 5.74) is 2.50. The molecule has 6 aliphatic carbocycles. The van der Waals surface area contributed by atoms with Crippen LogP contribution in [-0.4, -0.2) is 56.3 Å². The van der Waals surface area contributed by atoms with E-state index in [1.165, 1.54) is 5.57 Å². The number of carboxylic acid groups (broad SMARTS) is 1. The van der Waals surface area contributed by atoms with E-state index in [1.54, 1.807) is 0 Å². The van der Waals surface area contributed by atoms with Crippen LogP contribution < -0.4 is 0 Å². The molecule has 11 atom stereocenters. The van der Waals surface area contributed by atoms with Crippen molar-refractivity contribution in [3.8, 4) is 11.3 Å². The highest BCUT2D eigenvalue weighted by atomic mass is 16.5. The van der Waals surface area contributed by atoms with Gasteiger partial charge in [0, 0.05) is 18.4 Å². The number of aromatic nitrogens is 2. The largest absolute Gasteiger partial charge is 0.481 e. The van der Waals surface area contributed by atoms with Gasteiger partial charge in [-0.25, -0.2) is 4.98 Å². The molecule has 1 aromatic carbocycles. The number of hydrogen-bond donors (Lipinski definition) is 2. The number of allylic oxidation sites excluding steroid dienone is 1. The van der Waals surface area contributed by atoms with Crippen molar-refractivity contribution in [2.24, 2.45) is 68.0 Å². The number of hydrogen-bond acceptors (Lipinski definition) is 6. The van der Waals surface area contributed by atoms with Gasteiger partial charge in [0.05, 0.1) is 35.2 Å². The summed E-state index contributed by atoms with van der Waals surface area (Å²) in [4.78, 5) is 66.0. The lowest BCUT2D eigenvalue weighted by Crippen LogP contribution is -2.66. The molecule has 2 N–H and O–H groups in total. The number of benzene rings is 1. The first kappa shape index (κ1) is 41.6. The van der Waals surface area contributed by atoms with E-state index in [2.05, 4.69) is 70.5 Å². The second-order valence-corrected chi connectivity index (χ2v) is 22.8. The molecule has 6 fully saturated rings. The Morgan fingerprint density at radius 3 is 2.27 bits per heavy atom. The maximum Gasteiger partial charge on any atom is 0.309 e. The number of carbonyl (C=O) groups is 4. The number of Topliss-reactive ketones (excluding diaryl/α,β-unsaturated/α-hetero) is 1. The summed E-state index contributed by atoms with van der Waals surface area (Å²) in [7, 11) is 0. The molecule has 9 nitrogen and oxygen atoms in total. The van der Waals surface area contributed by atoms with Crippen LogP contribution in [0.2, 0.25) is 0 Å². The minimum Gasteiger partial charge on any atom is -0.481 e. The van der Waals surface area contributed by atoms with Crippen molar-refractivity contribution < 1.29 is 29.0 Å². The fourth-order valence-corrected chi connectivity index (χ4v) is 15.9. The van der Waals surface area contributed by atoms with Gasteiger partial charge in [-0.3, -0.25) is 19.2 Å². The normalized spacial score (nSPS) is 40.3. The summed E-state index contributed by atoms with van der Waals surface area (Å²) in [6.45, 7) is 21.0. The maximum absolute atomic E-state index is 15.5. The van der Waals surface area contributed by atoms with E-state index in [4.69, 9.17) is 9.72 Å². The fourth-order valence-electron chi connectivity index (χ4n) is 15.9. The van der Waals surface area contributed by atoms with Gasteiger partial charge in [0.15, 0.2) is 5.78 Å². The molecule has 1 unspecified atom stereocenters. The van der Waals surface area contributed by atoms with E-state index in [9.17, 15) is 19.5 Å². The van der Waals surface area contributed by atoms with Gasteiger partial charge in [-0.1, -0.05) is 92.6 Å². The predicted octanol–water partition coefficient (Wildman–Crippen LogP) is 10.4. The van der Waals surface area contributed by atoms with Crippen molar-refractivity contribution in [2.45, 2.75) is 152 Å². The first-order valence-corrected chi connectivity index (χ1v) is 23.3. The number of esters is 1. The van der Waals surface area contributed by atoms with Gasteiger partial charge >= 0.3 is 11.9 Å². The van der Waals surface area contributed by atoms with E-state index in [0.717, 1.165) is 80.4 Å². The summed E-state index contributed by atoms with van der Waals surface area (Å²) in [6.07, 6.45) is 11.7. The van der Waals surface area contributed by atoms with E-state index in [1.807, 2.05) is 38.2 Å². The lowest BCUT2D eigenvalue weighted by atomic mass is 9.33. The second kappa shape index (κ2) is 13.9. The Bertz CT molecular complexity index is 2130. The molecule has 2 aromatic rings. The number of H-pyrrole nitrogens is 1. The Morgan fingerprint density at radius 1 is 0.850 bits per heavy atom. The molecule has 9 rings (SSSR count). The van der Waals surface area contributed by atoms with Crippen LogP contribution in [0.1, 0.15) is 151 Å². The molecular weight excluding hydrogens is 751 g/mol. The molecule has 5 saturated carbocycles. The Morgan fingerprint density at radius 2 is 1.58 bits per heavy atom. The third-order valence-corrected chi connectivity index (χ3v) is 19.4. The second-order valence-electron chi connectivity index (χ2n) is 22.8. The molecule has 2 heterocycles.